The molecule has 1 aliphatic carbocycles. The first-order valence-corrected chi connectivity index (χ1v) is 9.75. The number of para-hydroxylation sites is 1. The smallest absolute Gasteiger partial charge is 0.346 e. The van der Waals surface area contributed by atoms with E-state index in [4.69, 9.17) is 9.47 Å². The predicted molar refractivity (Wildman–Crippen MR) is 106 cm³/mol. The van der Waals surface area contributed by atoms with E-state index < -0.39 is 0 Å². The zero-order chi connectivity index (χ0) is 19.2. The molecule has 154 valence electrons. The molecule has 0 amide bonds. The average Bonchev–Trinajstić information content (AvgIpc) is 3.22. The zero-order valence-corrected chi connectivity index (χ0v) is 17.2. The van der Waals surface area contributed by atoms with Crippen molar-refractivity contribution >= 4 is 0 Å². The van der Waals surface area contributed by atoms with Gasteiger partial charge in [-0.2, -0.15) is 4.68 Å². The summed E-state index contributed by atoms with van der Waals surface area (Å²) in [6.07, 6.45) is 6.54. The number of benzene rings is 2. The molecule has 0 aliphatic heterocycles. The van der Waals surface area contributed by atoms with Crippen molar-refractivity contribution in [1.29, 1.82) is 0 Å². The summed E-state index contributed by atoms with van der Waals surface area (Å²) in [5.41, 5.74) is 1.99. The van der Waals surface area contributed by atoms with Crippen LogP contribution < -0.4 is 27.2 Å². The Bertz CT molecular complexity index is 897. The van der Waals surface area contributed by atoms with Crippen LogP contribution in [0.2, 0.25) is 0 Å². The van der Waals surface area contributed by atoms with E-state index >= 15 is 0 Å². The molecule has 0 spiro atoms. The molecule has 7 nitrogen and oxygen atoms in total. The number of hydrogen-bond donors (Lipinski definition) is 1. The van der Waals surface area contributed by atoms with Crippen LogP contribution in [-0.4, -0.2) is 33.4 Å². The second-order valence-corrected chi connectivity index (χ2v) is 7.01. The predicted octanol–water partition coefficient (Wildman–Crippen LogP) is 0.890. The fraction of sp³-hybridized carbons (Fsp3) is 0.381. The highest BCUT2D eigenvalue weighted by Crippen LogP contribution is 2.32. The Hall–Kier alpha value is -2.64. The lowest BCUT2D eigenvalue weighted by Crippen LogP contribution is -3.00. The Labute approximate surface area is 176 Å². The summed E-state index contributed by atoms with van der Waals surface area (Å²) in [7, 11) is 1.64. The molecule has 29 heavy (non-hydrogen) atoms. The number of hydrogen-bond acceptors (Lipinski definition) is 6. The van der Waals surface area contributed by atoms with Crippen LogP contribution >= 0.6 is 0 Å². The fourth-order valence-electron chi connectivity index (χ4n) is 3.55. The Balaban J connectivity index is 0.00000240. The fourth-order valence-corrected chi connectivity index (χ4v) is 3.55. The van der Waals surface area contributed by atoms with Crippen LogP contribution in [0.3, 0.4) is 0 Å². The maximum Gasteiger partial charge on any atom is 0.346 e. The van der Waals surface area contributed by atoms with Gasteiger partial charge in [-0.15, -0.1) is 0 Å². The van der Waals surface area contributed by atoms with Crippen molar-refractivity contribution in [3.63, 3.8) is 0 Å². The molecule has 0 radical (unpaired) electrons. The van der Waals surface area contributed by atoms with E-state index in [1.165, 1.54) is 32.1 Å². The van der Waals surface area contributed by atoms with Crippen LogP contribution in [0.5, 0.6) is 17.5 Å². The molecular weight excluding hydrogens is 390 g/mol. The SMILES string of the molecule is COc1cc(CNC2CCCCC2)ccc1Oc1nnnn1-c1ccccc1.[Cl-]. The second-order valence-electron chi connectivity index (χ2n) is 7.01. The van der Waals surface area contributed by atoms with Gasteiger partial charge in [0, 0.05) is 12.6 Å². The summed E-state index contributed by atoms with van der Waals surface area (Å²) in [6.45, 7) is 0.822. The van der Waals surface area contributed by atoms with Crippen LogP contribution in [-0.2, 0) is 6.54 Å². The third-order valence-corrected chi connectivity index (χ3v) is 5.07. The molecule has 0 saturated heterocycles. The first-order valence-electron chi connectivity index (χ1n) is 9.75. The number of halogens is 1. The third kappa shape index (κ3) is 5.25. The number of ether oxygens (including phenoxy) is 2. The molecule has 1 aliphatic rings. The molecular formula is C21H25ClN5O2-. The molecule has 1 aromatic heterocycles. The molecule has 2 aromatic carbocycles. The highest BCUT2D eigenvalue weighted by Gasteiger charge is 2.15. The zero-order valence-electron chi connectivity index (χ0n) is 16.4. The van der Waals surface area contributed by atoms with Gasteiger partial charge in [0.25, 0.3) is 0 Å². The number of aromatic nitrogens is 4. The largest absolute Gasteiger partial charge is 1.00 e. The Morgan fingerprint density at radius 3 is 2.59 bits per heavy atom. The first kappa shape index (κ1) is 21.1. The maximum absolute atomic E-state index is 5.96. The van der Waals surface area contributed by atoms with E-state index in [0.717, 1.165) is 17.8 Å². The molecule has 4 rings (SSSR count). The third-order valence-electron chi connectivity index (χ3n) is 5.07. The lowest BCUT2D eigenvalue weighted by Gasteiger charge is -2.23. The average molecular weight is 415 g/mol. The van der Waals surface area contributed by atoms with Crippen LogP contribution in [0.1, 0.15) is 37.7 Å². The minimum atomic E-state index is 0. The quantitative estimate of drug-likeness (QED) is 0.619. The first-order chi connectivity index (χ1) is 13.8. The maximum atomic E-state index is 5.96. The number of nitrogens with zero attached hydrogens (tertiary/aromatic N) is 4. The molecule has 8 heteroatoms. The monoisotopic (exact) mass is 414 g/mol. The Morgan fingerprint density at radius 1 is 1.03 bits per heavy atom. The van der Waals surface area contributed by atoms with Gasteiger partial charge in [0.1, 0.15) is 0 Å². The van der Waals surface area contributed by atoms with E-state index in [0.29, 0.717) is 17.5 Å². The van der Waals surface area contributed by atoms with E-state index in [1.807, 2.05) is 48.5 Å². The molecule has 1 heterocycles. The van der Waals surface area contributed by atoms with Crippen molar-refractivity contribution in [1.82, 2.24) is 25.5 Å². The summed E-state index contributed by atoms with van der Waals surface area (Å²) in [5, 5.41) is 15.4. The molecule has 3 aromatic rings. The van der Waals surface area contributed by atoms with E-state index in [1.54, 1.807) is 11.8 Å². The standard InChI is InChI=1S/C21H25N5O2.ClH/c1-27-20-14-16(15-22-17-8-4-2-5-9-17)12-13-19(20)28-21-23-24-25-26(21)18-10-6-3-7-11-18;/h3,6-7,10-14,17,22H,2,4-5,8-9,15H2,1H3;1H/p-1. The second kappa shape index (κ2) is 10.2. The summed E-state index contributed by atoms with van der Waals surface area (Å²) < 4.78 is 13.1. The Morgan fingerprint density at radius 2 is 1.83 bits per heavy atom. The summed E-state index contributed by atoms with van der Waals surface area (Å²) in [5.74, 6) is 1.24. The highest BCUT2D eigenvalue weighted by molar-refractivity contribution is 5.44. The topological polar surface area (TPSA) is 74.1 Å². The van der Waals surface area contributed by atoms with Gasteiger partial charge in [0.15, 0.2) is 11.5 Å². The Kier molecular flexibility index (Phi) is 7.43. The van der Waals surface area contributed by atoms with Gasteiger partial charge in [-0.25, -0.2) is 0 Å². The minimum Gasteiger partial charge on any atom is -1.00 e. The van der Waals surface area contributed by atoms with Gasteiger partial charge in [-0.05, 0) is 53.1 Å². The van der Waals surface area contributed by atoms with Crippen molar-refractivity contribution in [3.05, 3.63) is 54.1 Å². The number of tetrazole rings is 1. The normalized spacial score (nSPS) is 14.2. The van der Waals surface area contributed by atoms with Crippen molar-refractivity contribution in [3.8, 4) is 23.2 Å². The molecule has 1 N–H and O–H groups in total. The van der Waals surface area contributed by atoms with Gasteiger partial charge in [0.05, 0.1) is 12.8 Å². The summed E-state index contributed by atoms with van der Waals surface area (Å²) in [6, 6.07) is 16.5. The van der Waals surface area contributed by atoms with Gasteiger partial charge < -0.3 is 27.2 Å². The van der Waals surface area contributed by atoms with Crippen LogP contribution in [0.25, 0.3) is 5.69 Å². The molecule has 0 unspecified atom stereocenters. The van der Waals surface area contributed by atoms with Gasteiger partial charge in [0.2, 0.25) is 0 Å². The minimum absolute atomic E-state index is 0. The summed E-state index contributed by atoms with van der Waals surface area (Å²) >= 11 is 0. The van der Waals surface area contributed by atoms with Crippen molar-refractivity contribution < 1.29 is 21.9 Å². The van der Waals surface area contributed by atoms with E-state index in [9.17, 15) is 0 Å². The lowest BCUT2D eigenvalue weighted by molar-refractivity contribution is -0.00000674. The van der Waals surface area contributed by atoms with Crippen LogP contribution in [0.15, 0.2) is 48.5 Å². The van der Waals surface area contributed by atoms with Gasteiger partial charge >= 0.3 is 6.01 Å². The van der Waals surface area contributed by atoms with E-state index in [-0.39, 0.29) is 18.4 Å². The van der Waals surface area contributed by atoms with Crippen molar-refractivity contribution in [2.75, 3.05) is 7.11 Å². The van der Waals surface area contributed by atoms with Gasteiger partial charge in [-0.1, -0.05) is 48.6 Å². The van der Waals surface area contributed by atoms with Crippen molar-refractivity contribution in [2.24, 2.45) is 0 Å². The van der Waals surface area contributed by atoms with Crippen LogP contribution in [0.4, 0.5) is 0 Å². The highest BCUT2D eigenvalue weighted by atomic mass is 35.5. The lowest BCUT2D eigenvalue weighted by atomic mass is 9.95. The number of rotatable bonds is 7. The summed E-state index contributed by atoms with van der Waals surface area (Å²) in [4.78, 5) is 0. The van der Waals surface area contributed by atoms with Crippen LogP contribution in [0, 0.1) is 0 Å². The molecule has 0 atom stereocenters. The molecule has 1 fully saturated rings. The molecule has 1 saturated carbocycles. The van der Waals surface area contributed by atoms with Crippen molar-refractivity contribution in [2.45, 2.75) is 44.7 Å². The van der Waals surface area contributed by atoms with E-state index in [2.05, 4.69) is 20.8 Å². The number of methoxy groups -OCH3 is 1. The van der Waals surface area contributed by atoms with Gasteiger partial charge in [-0.3, -0.25) is 0 Å². The number of nitrogens with one attached hydrogen (secondary N) is 1. The molecule has 0 bridgehead atoms.